The Morgan fingerprint density at radius 1 is 0.857 bits per heavy atom. The van der Waals surface area contributed by atoms with E-state index in [2.05, 4.69) is 9.97 Å². The number of ether oxygens (including phenoxy) is 1. The van der Waals surface area contributed by atoms with Crippen LogP contribution in [0.4, 0.5) is 0 Å². The van der Waals surface area contributed by atoms with Crippen LogP contribution < -0.4 is 10.4 Å². The Bertz CT molecular complexity index is 1080. The van der Waals surface area contributed by atoms with Crippen molar-refractivity contribution in [2.75, 3.05) is 0 Å². The number of aryl methyl sites for hydroxylation is 1. The highest BCUT2D eigenvalue weighted by molar-refractivity contribution is 6.30. The lowest BCUT2D eigenvalue weighted by Gasteiger charge is -2.15. The summed E-state index contributed by atoms with van der Waals surface area (Å²) < 4.78 is 6.20. The number of hydrogen-bond acceptors (Lipinski definition) is 3. The molecular weight excluding hydrogens is 372 g/mol. The lowest BCUT2D eigenvalue weighted by Crippen LogP contribution is -2.14. The van der Waals surface area contributed by atoms with Crippen LogP contribution in [0.3, 0.4) is 0 Å². The second kappa shape index (κ2) is 7.71. The molecule has 4 nitrogen and oxygen atoms in total. The molecule has 0 spiro atoms. The first-order chi connectivity index (χ1) is 13.6. The molecular formula is C23H17ClN2O2. The Kier molecular flexibility index (Phi) is 4.96. The number of aromatic amines is 1. The molecule has 0 unspecified atom stereocenters. The maximum absolute atomic E-state index is 12.3. The van der Waals surface area contributed by atoms with Crippen LogP contribution in [0, 0.1) is 6.92 Å². The molecule has 0 saturated carbocycles. The van der Waals surface area contributed by atoms with Crippen LogP contribution in [0.5, 0.6) is 11.5 Å². The van der Waals surface area contributed by atoms with Gasteiger partial charge in [0.2, 0.25) is 0 Å². The fraction of sp³-hybridized carbons (Fsp3) is 0.0435. The van der Waals surface area contributed by atoms with E-state index in [4.69, 9.17) is 16.3 Å². The van der Waals surface area contributed by atoms with E-state index in [-0.39, 0.29) is 0 Å². The van der Waals surface area contributed by atoms with Crippen molar-refractivity contribution in [3.63, 3.8) is 0 Å². The van der Waals surface area contributed by atoms with Crippen LogP contribution in [0.25, 0.3) is 22.5 Å². The highest BCUT2D eigenvalue weighted by Gasteiger charge is 2.18. The van der Waals surface area contributed by atoms with Crippen molar-refractivity contribution in [2.45, 2.75) is 6.92 Å². The van der Waals surface area contributed by atoms with E-state index in [1.807, 2.05) is 73.7 Å². The van der Waals surface area contributed by atoms with Gasteiger partial charge in [0.25, 0.3) is 0 Å². The third kappa shape index (κ3) is 3.82. The van der Waals surface area contributed by atoms with Crippen molar-refractivity contribution < 1.29 is 4.74 Å². The fourth-order valence-corrected chi connectivity index (χ4v) is 3.02. The highest BCUT2D eigenvalue weighted by atomic mass is 35.5. The summed E-state index contributed by atoms with van der Waals surface area (Å²) in [6.07, 6.45) is 0. The Morgan fingerprint density at radius 2 is 1.50 bits per heavy atom. The molecule has 5 heteroatoms. The summed E-state index contributed by atoms with van der Waals surface area (Å²) in [6, 6.07) is 24.4. The van der Waals surface area contributed by atoms with Crippen molar-refractivity contribution in [1.29, 1.82) is 0 Å². The molecule has 0 aliphatic rings. The molecule has 1 N–H and O–H groups in total. The average molecular weight is 389 g/mol. The van der Waals surface area contributed by atoms with E-state index >= 15 is 0 Å². The average Bonchev–Trinajstić information content (AvgIpc) is 2.71. The van der Waals surface area contributed by atoms with Gasteiger partial charge in [0, 0.05) is 16.1 Å². The van der Waals surface area contributed by atoms with Gasteiger partial charge in [0.15, 0.2) is 5.75 Å². The maximum atomic E-state index is 12.3. The van der Waals surface area contributed by atoms with Gasteiger partial charge in [-0.05, 0) is 31.2 Å². The Balaban J connectivity index is 1.95. The summed E-state index contributed by atoms with van der Waals surface area (Å²) >= 11 is 6.02. The molecule has 0 saturated heterocycles. The van der Waals surface area contributed by atoms with E-state index in [1.165, 1.54) is 0 Å². The Labute approximate surface area is 167 Å². The predicted molar refractivity (Wildman–Crippen MR) is 112 cm³/mol. The molecule has 138 valence electrons. The number of aromatic nitrogens is 2. The predicted octanol–water partition coefficient (Wildman–Crippen LogP) is 5.86. The van der Waals surface area contributed by atoms with Crippen molar-refractivity contribution in [2.24, 2.45) is 0 Å². The lowest BCUT2D eigenvalue weighted by atomic mass is 10.0. The minimum Gasteiger partial charge on any atom is -0.453 e. The highest BCUT2D eigenvalue weighted by Crippen LogP contribution is 2.38. The van der Waals surface area contributed by atoms with Gasteiger partial charge in [-0.25, -0.2) is 4.79 Å². The largest absolute Gasteiger partial charge is 0.453 e. The summed E-state index contributed by atoms with van der Waals surface area (Å²) in [4.78, 5) is 19.4. The number of halogens is 1. The second-order valence-electron chi connectivity index (χ2n) is 6.38. The van der Waals surface area contributed by atoms with Crippen LogP contribution in [-0.4, -0.2) is 9.97 Å². The number of H-pyrrole nitrogens is 1. The first-order valence-corrected chi connectivity index (χ1v) is 9.18. The molecule has 0 atom stereocenters. The van der Waals surface area contributed by atoms with Gasteiger partial charge in [-0.15, -0.1) is 0 Å². The molecule has 0 aliphatic heterocycles. The molecule has 4 rings (SSSR count). The number of hydrogen-bond donors (Lipinski definition) is 1. The van der Waals surface area contributed by atoms with E-state index in [0.29, 0.717) is 27.9 Å². The molecule has 0 radical (unpaired) electrons. The molecule has 0 amide bonds. The second-order valence-corrected chi connectivity index (χ2v) is 6.82. The maximum Gasteiger partial charge on any atom is 0.346 e. The molecule has 0 fully saturated rings. The van der Waals surface area contributed by atoms with Crippen LogP contribution in [0.2, 0.25) is 5.02 Å². The summed E-state index contributed by atoms with van der Waals surface area (Å²) in [6.45, 7) is 2.01. The number of rotatable bonds is 4. The zero-order chi connectivity index (χ0) is 19.5. The van der Waals surface area contributed by atoms with Crippen LogP contribution in [-0.2, 0) is 0 Å². The molecule has 1 heterocycles. The number of nitrogens with one attached hydrogen (secondary N) is 1. The topological polar surface area (TPSA) is 55.0 Å². The van der Waals surface area contributed by atoms with Gasteiger partial charge in [-0.3, -0.25) is 0 Å². The van der Waals surface area contributed by atoms with Gasteiger partial charge < -0.3 is 9.72 Å². The summed E-state index contributed by atoms with van der Waals surface area (Å²) in [5.74, 6) is 1.14. The summed E-state index contributed by atoms with van der Waals surface area (Å²) in [7, 11) is 0. The minimum absolute atomic E-state index is 0.444. The fourth-order valence-electron chi connectivity index (χ4n) is 2.90. The first kappa shape index (κ1) is 18.0. The van der Waals surface area contributed by atoms with Crippen LogP contribution >= 0.6 is 11.6 Å². The zero-order valence-electron chi connectivity index (χ0n) is 15.1. The van der Waals surface area contributed by atoms with E-state index < -0.39 is 5.69 Å². The molecule has 1 aromatic heterocycles. The van der Waals surface area contributed by atoms with Crippen molar-refractivity contribution in [3.8, 4) is 34.0 Å². The van der Waals surface area contributed by atoms with Crippen molar-refractivity contribution in [3.05, 3.63) is 99.9 Å². The van der Waals surface area contributed by atoms with Gasteiger partial charge in [0.1, 0.15) is 11.4 Å². The molecule has 0 bridgehead atoms. The van der Waals surface area contributed by atoms with E-state index in [1.54, 1.807) is 12.1 Å². The normalized spacial score (nSPS) is 10.6. The zero-order valence-corrected chi connectivity index (χ0v) is 15.9. The minimum atomic E-state index is -0.444. The summed E-state index contributed by atoms with van der Waals surface area (Å²) in [5.41, 5.74) is 3.30. The van der Waals surface area contributed by atoms with Crippen LogP contribution in [0.15, 0.2) is 83.7 Å². The van der Waals surface area contributed by atoms with Gasteiger partial charge in [-0.2, -0.15) is 4.98 Å². The standard InChI is InChI=1S/C23H17ClN2O2/c1-15-7-9-16(10-8-15)20-22(28-19-5-3-2-4-6-19)21(26-23(27)25-20)17-11-13-18(24)14-12-17/h2-14H,1H3,(H,25,26,27). The lowest BCUT2D eigenvalue weighted by molar-refractivity contribution is 0.481. The third-order valence-corrected chi connectivity index (χ3v) is 4.56. The smallest absolute Gasteiger partial charge is 0.346 e. The van der Waals surface area contributed by atoms with E-state index in [9.17, 15) is 4.79 Å². The van der Waals surface area contributed by atoms with Gasteiger partial charge in [0.05, 0.1) is 5.69 Å². The quantitative estimate of drug-likeness (QED) is 0.476. The molecule has 3 aromatic carbocycles. The third-order valence-electron chi connectivity index (χ3n) is 4.31. The number of benzene rings is 3. The van der Waals surface area contributed by atoms with Gasteiger partial charge in [-0.1, -0.05) is 71.8 Å². The monoisotopic (exact) mass is 388 g/mol. The number of para-hydroxylation sites is 1. The van der Waals surface area contributed by atoms with Crippen LogP contribution in [0.1, 0.15) is 5.56 Å². The first-order valence-electron chi connectivity index (χ1n) is 8.80. The van der Waals surface area contributed by atoms with E-state index in [0.717, 1.165) is 16.7 Å². The van der Waals surface area contributed by atoms with Gasteiger partial charge >= 0.3 is 5.69 Å². The Hall–Kier alpha value is -3.37. The number of nitrogens with zero attached hydrogens (tertiary/aromatic N) is 1. The SMILES string of the molecule is Cc1ccc(-c2[nH]c(=O)nc(-c3ccc(Cl)cc3)c2Oc2ccccc2)cc1. The Morgan fingerprint density at radius 3 is 2.18 bits per heavy atom. The van der Waals surface area contributed by atoms with Crippen molar-refractivity contribution >= 4 is 11.6 Å². The molecule has 4 aromatic rings. The van der Waals surface area contributed by atoms with Crippen molar-refractivity contribution in [1.82, 2.24) is 9.97 Å². The summed E-state index contributed by atoms with van der Waals surface area (Å²) in [5, 5.41) is 0.609. The molecule has 0 aliphatic carbocycles. The molecule has 28 heavy (non-hydrogen) atoms.